The molecule has 0 aliphatic carbocycles. The summed E-state index contributed by atoms with van der Waals surface area (Å²) in [7, 11) is 1.98. The van der Waals surface area contributed by atoms with E-state index >= 15 is 0 Å². The molecule has 0 radical (unpaired) electrons. The van der Waals surface area contributed by atoms with Crippen LogP contribution >= 0.6 is 0 Å². The lowest BCUT2D eigenvalue weighted by Gasteiger charge is -2.56. The van der Waals surface area contributed by atoms with Crippen LogP contribution in [0.25, 0.3) is 0 Å². The Bertz CT molecular complexity index is 887. The summed E-state index contributed by atoms with van der Waals surface area (Å²) in [5.41, 5.74) is 0.557. The summed E-state index contributed by atoms with van der Waals surface area (Å²) < 4.78 is 47.1. The van der Waals surface area contributed by atoms with Crippen molar-refractivity contribution >= 4 is 0 Å². The Balaban J connectivity index is 1.74. The van der Waals surface area contributed by atoms with E-state index in [1.54, 1.807) is 0 Å². The number of alkyl halides is 3. The maximum atomic E-state index is 12.5. The number of nitrogens with zero attached hydrogens (tertiary/aromatic N) is 1. The average molecular weight is 421 g/mol. The number of halogens is 3. The Morgan fingerprint density at radius 2 is 1.80 bits per heavy atom. The zero-order chi connectivity index (χ0) is 21.6. The zero-order valence-electron chi connectivity index (χ0n) is 17.1. The standard InChI is InChI=1S/C23H26F3NO3/c1-21(14-27(2)15-21)22(28,18-6-8-20(9-7-18)30-23(24,25)26)19-5-3-4-16(12-19)17-10-11-29-13-17/h3-9,12,17,28H,10-11,13-15H2,1-2H3. The van der Waals surface area contributed by atoms with Gasteiger partial charge in [-0.25, -0.2) is 0 Å². The summed E-state index contributed by atoms with van der Waals surface area (Å²) in [6.07, 6.45) is -3.82. The van der Waals surface area contributed by atoms with Gasteiger partial charge in [0, 0.05) is 31.0 Å². The quantitative estimate of drug-likeness (QED) is 0.783. The maximum absolute atomic E-state index is 12.5. The van der Waals surface area contributed by atoms with Crippen LogP contribution in [0.2, 0.25) is 0 Å². The van der Waals surface area contributed by atoms with Crippen molar-refractivity contribution in [1.29, 1.82) is 0 Å². The van der Waals surface area contributed by atoms with Crippen LogP contribution in [0, 0.1) is 5.41 Å². The van der Waals surface area contributed by atoms with Gasteiger partial charge in [0.25, 0.3) is 0 Å². The number of benzene rings is 2. The molecule has 0 bridgehead atoms. The van der Waals surface area contributed by atoms with Crippen molar-refractivity contribution in [2.75, 3.05) is 33.4 Å². The van der Waals surface area contributed by atoms with Crippen LogP contribution in [0.1, 0.15) is 36.0 Å². The monoisotopic (exact) mass is 421 g/mol. The third-order valence-electron chi connectivity index (χ3n) is 6.32. The number of rotatable bonds is 5. The predicted octanol–water partition coefficient (Wildman–Crippen LogP) is 4.28. The normalized spacial score (nSPS) is 23.6. The molecule has 0 saturated carbocycles. The molecule has 2 aromatic carbocycles. The molecule has 2 aliphatic rings. The lowest BCUT2D eigenvalue weighted by atomic mass is 9.61. The molecule has 7 heteroatoms. The van der Waals surface area contributed by atoms with Crippen LogP contribution in [0.5, 0.6) is 5.75 Å². The van der Waals surface area contributed by atoms with E-state index in [9.17, 15) is 18.3 Å². The fraction of sp³-hybridized carbons (Fsp3) is 0.478. The van der Waals surface area contributed by atoms with Gasteiger partial charge in [0.2, 0.25) is 0 Å². The molecule has 0 amide bonds. The number of hydrogen-bond acceptors (Lipinski definition) is 4. The van der Waals surface area contributed by atoms with E-state index in [2.05, 4.69) is 9.64 Å². The summed E-state index contributed by atoms with van der Waals surface area (Å²) >= 11 is 0. The van der Waals surface area contributed by atoms with Gasteiger partial charge in [-0.1, -0.05) is 43.3 Å². The van der Waals surface area contributed by atoms with Crippen LogP contribution in [0.3, 0.4) is 0 Å². The molecule has 2 fully saturated rings. The van der Waals surface area contributed by atoms with E-state index in [4.69, 9.17) is 4.74 Å². The highest BCUT2D eigenvalue weighted by molar-refractivity contribution is 5.44. The number of hydrogen-bond donors (Lipinski definition) is 1. The zero-order valence-corrected chi connectivity index (χ0v) is 17.1. The largest absolute Gasteiger partial charge is 0.573 e. The molecule has 2 atom stereocenters. The van der Waals surface area contributed by atoms with Gasteiger partial charge in [0.15, 0.2) is 0 Å². The van der Waals surface area contributed by atoms with E-state index < -0.39 is 17.4 Å². The molecule has 4 rings (SSSR count). The molecule has 4 nitrogen and oxygen atoms in total. The fourth-order valence-corrected chi connectivity index (χ4v) is 4.95. The summed E-state index contributed by atoms with van der Waals surface area (Å²) in [4.78, 5) is 2.11. The van der Waals surface area contributed by atoms with Crippen LogP contribution in [-0.2, 0) is 10.3 Å². The van der Waals surface area contributed by atoms with Crippen molar-refractivity contribution in [3.05, 3.63) is 65.2 Å². The minimum absolute atomic E-state index is 0.286. The number of aliphatic hydroxyl groups is 1. The number of ether oxygens (including phenoxy) is 2. The van der Waals surface area contributed by atoms with E-state index in [0.717, 1.165) is 24.2 Å². The fourth-order valence-electron chi connectivity index (χ4n) is 4.95. The highest BCUT2D eigenvalue weighted by Gasteiger charge is 2.55. The SMILES string of the molecule is CN1CC(C)(C(O)(c2ccc(OC(F)(F)F)cc2)c2cccc(C3CCOC3)c2)C1. The molecule has 0 spiro atoms. The van der Waals surface area contributed by atoms with Crippen molar-refractivity contribution in [3.8, 4) is 5.75 Å². The molecule has 1 N–H and O–H groups in total. The molecule has 2 unspecified atom stereocenters. The predicted molar refractivity (Wildman–Crippen MR) is 106 cm³/mol. The van der Waals surface area contributed by atoms with Gasteiger partial charge >= 0.3 is 6.36 Å². The lowest BCUT2D eigenvalue weighted by Crippen LogP contribution is -2.63. The van der Waals surface area contributed by atoms with E-state index in [1.165, 1.54) is 24.3 Å². The van der Waals surface area contributed by atoms with Gasteiger partial charge < -0.3 is 19.5 Å². The molecule has 2 aromatic rings. The highest BCUT2D eigenvalue weighted by atomic mass is 19.4. The van der Waals surface area contributed by atoms with Crippen molar-refractivity contribution in [3.63, 3.8) is 0 Å². The van der Waals surface area contributed by atoms with Crippen LogP contribution < -0.4 is 4.74 Å². The summed E-state index contributed by atoms with van der Waals surface area (Å²) in [5.74, 6) is -0.0185. The third-order valence-corrected chi connectivity index (χ3v) is 6.32. The van der Waals surface area contributed by atoms with Gasteiger partial charge in [-0.05, 0) is 42.3 Å². The van der Waals surface area contributed by atoms with Crippen LogP contribution in [-0.4, -0.2) is 49.7 Å². The maximum Gasteiger partial charge on any atom is 0.573 e. The molecule has 30 heavy (non-hydrogen) atoms. The van der Waals surface area contributed by atoms with E-state index in [0.29, 0.717) is 25.3 Å². The number of likely N-dealkylation sites (tertiary alicyclic amines) is 1. The van der Waals surface area contributed by atoms with Crippen molar-refractivity contribution in [2.24, 2.45) is 5.41 Å². The Morgan fingerprint density at radius 3 is 2.37 bits per heavy atom. The second-order valence-corrected chi connectivity index (χ2v) is 8.70. The second kappa shape index (κ2) is 7.55. The summed E-state index contributed by atoms with van der Waals surface area (Å²) in [6, 6.07) is 13.4. The molecule has 2 saturated heterocycles. The Morgan fingerprint density at radius 1 is 1.10 bits per heavy atom. The molecule has 2 aliphatic heterocycles. The third kappa shape index (κ3) is 3.82. The Labute approximate surface area is 174 Å². The minimum Gasteiger partial charge on any atom is -0.406 e. The first-order chi connectivity index (χ1) is 14.1. The van der Waals surface area contributed by atoms with Gasteiger partial charge in [0.05, 0.1) is 6.61 Å². The summed E-state index contributed by atoms with van der Waals surface area (Å²) in [5, 5.41) is 12.1. The Hall–Kier alpha value is -2.09. The average Bonchev–Trinajstić information content (AvgIpc) is 3.20. The molecule has 2 heterocycles. The molecular weight excluding hydrogens is 395 g/mol. The first-order valence-corrected chi connectivity index (χ1v) is 10.1. The van der Waals surface area contributed by atoms with Crippen molar-refractivity contribution in [2.45, 2.75) is 31.2 Å². The van der Waals surface area contributed by atoms with E-state index in [1.807, 2.05) is 38.2 Å². The van der Waals surface area contributed by atoms with Gasteiger partial charge in [-0.3, -0.25) is 0 Å². The minimum atomic E-state index is -4.75. The first kappa shape index (κ1) is 21.2. The van der Waals surface area contributed by atoms with E-state index in [-0.39, 0.29) is 11.7 Å². The smallest absolute Gasteiger partial charge is 0.406 e. The van der Waals surface area contributed by atoms with Crippen molar-refractivity contribution in [1.82, 2.24) is 4.90 Å². The van der Waals surface area contributed by atoms with Crippen molar-refractivity contribution < 1.29 is 27.8 Å². The lowest BCUT2D eigenvalue weighted by molar-refractivity contribution is -0.274. The second-order valence-electron chi connectivity index (χ2n) is 8.70. The molecular formula is C23H26F3NO3. The van der Waals surface area contributed by atoms with Crippen LogP contribution in [0.15, 0.2) is 48.5 Å². The topological polar surface area (TPSA) is 41.9 Å². The molecule has 0 aromatic heterocycles. The Kier molecular flexibility index (Phi) is 5.33. The first-order valence-electron chi connectivity index (χ1n) is 10.1. The summed E-state index contributed by atoms with van der Waals surface area (Å²) in [6.45, 7) is 4.73. The van der Waals surface area contributed by atoms with Crippen LogP contribution in [0.4, 0.5) is 13.2 Å². The van der Waals surface area contributed by atoms with Gasteiger partial charge in [0.1, 0.15) is 11.4 Å². The van der Waals surface area contributed by atoms with Gasteiger partial charge in [-0.15, -0.1) is 13.2 Å². The highest BCUT2D eigenvalue weighted by Crippen LogP contribution is 2.50. The molecule has 162 valence electrons. The van der Waals surface area contributed by atoms with Gasteiger partial charge in [-0.2, -0.15) is 0 Å².